The summed E-state index contributed by atoms with van der Waals surface area (Å²) in [6.07, 6.45) is 7.23. The number of hydrogen-bond donors (Lipinski definition) is 0. The minimum absolute atomic E-state index is 0.166. The van der Waals surface area contributed by atoms with Crippen molar-refractivity contribution in [1.82, 2.24) is 14.7 Å². The van der Waals surface area contributed by atoms with Crippen molar-refractivity contribution in [3.8, 4) is 0 Å². The van der Waals surface area contributed by atoms with Crippen molar-refractivity contribution in [2.45, 2.75) is 39.5 Å². The van der Waals surface area contributed by atoms with Gasteiger partial charge < -0.3 is 14.5 Å². The number of halogens is 2. The molecule has 3 heterocycles. The lowest BCUT2D eigenvalue weighted by atomic mass is 10.1. The number of benzene rings is 1. The lowest BCUT2D eigenvalue weighted by Gasteiger charge is -2.40. The smallest absolute Gasteiger partial charge is 0.250 e. The number of hydrogen-bond acceptors (Lipinski definition) is 5. The summed E-state index contributed by atoms with van der Waals surface area (Å²) in [5.74, 6) is -0.636. The Kier molecular flexibility index (Phi) is 6.07. The van der Waals surface area contributed by atoms with Crippen LogP contribution in [0.1, 0.15) is 26.3 Å². The van der Waals surface area contributed by atoms with Crippen LogP contribution in [0.4, 0.5) is 15.8 Å². The van der Waals surface area contributed by atoms with Gasteiger partial charge in [-0.3, -0.25) is 14.4 Å². The van der Waals surface area contributed by atoms with Crippen LogP contribution in [0.15, 0.2) is 41.4 Å². The van der Waals surface area contributed by atoms with E-state index in [4.69, 9.17) is 4.74 Å². The highest BCUT2D eigenvalue weighted by Crippen LogP contribution is 2.35. The van der Waals surface area contributed by atoms with Crippen LogP contribution in [-0.2, 0) is 22.6 Å². The summed E-state index contributed by atoms with van der Waals surface area (Å²) in [4.78, 5) is 18.4. The summed E-state index contributed by atoms with van der Waals surface area (Å²) in [6, 6.07) is 3.50. The Balaban J connectivity index is 1.56. The molecular weight excluding hydrogens is 465 g/mol. The predicted octanol–water partition coefficient (Wildman–Crippen LogP) is 3.74. The largest absolute Gasteiger partial charge is 0.372 e. The minimum Gasteiger partial charge on any atom is -0.372 e. The third kappa shape index (κ3) is 4.77. The maximum atomic E-state index is 15.0. The van der Waals surface area contributed by atoms with Crippen molar-refractivity contribution in [3.63, 3.8) is 0 Å². The van der Waals surface area contributed by atoms with Gasteiger partial charge in [-0.15, -0.1) is 0 Å². The van der Waals surface area contributed by atoms with Crippen LogP contribution >= 0.6 is 15.9 Å². The lowest BCUT2D eigenvalue weighted by Crippen LogP contribution is -2.48. The van der Waals surface area contributed by atoms with E-state index in [-0.39, 0.29) is 23.7 Å². The molecule has 1 fully saturated rings. The maximum absolute atomic E-state index is 15.0. The molecule has 4 rings (SSSR count). The molecule has 0 saturated carbocycles. The SMILES string of the molecule is CCn1cc(CN2C=CN(c3cc(N4CCOC(C)(C)C4)cc(Br)c3F)C(=O)C2)cn1. The molecule has 2 aromatic rings. The normalized spacial score (nSPS) is 18.7. The van der Waals surface area contributed by atoms with Gasteiger partial charge in [-0.25, -0.2) is 4.39 Å². The van der Waals surface area contributed by atoms with Crippen molar-refractivity contribution in [2.24, 2.45) is 0 Å². The van der Waals surface area contributed by atoms with Gasteiger partial charge in [-0.1, -0.05) is 0 Å². The van der Waals surface area contributed by atoms with E-state index in [9.17, 15) is 4.79 Å². The van der Waals surface area contributed by atoms with Crippen molar-refractivity contribution >= 4 is 33.2 Å². The van der Waals surface area contributed by atoms with Crippen molar-refractivity contribution in [2.75, 3.05) is 36.0 Å². The van der Waals surface area contributed by atoms with E-state index < -0.39 is 5.82 Å². The number of rotatable bonds is 5. The van der Waals surface area contributed by atoms with E-state index in [0.29, 0.717) is 30.7 Å². The highest BCUT2D eigenvalue weighted by Gasteiger charge is 2.30. The van der Waals surface area contributed by atoms with Gasteiger partial charge in [0.1, 0.15) is 0 Å². The van der Waals surface area contributed by atoms with E-state index in [1.807, 2.05) is 42.7 Å². The van der Waals surface area contributed by atoms with E-state index in [1.54, 1.807) is 24.5 Å². The van der Waals surface area contributed by atoms with Gasteiger partial charge >= 0.3 is 0 Å². The molecule has 0 atom stereocenters. The summed E-state index contributed by atoms with van der Waals surface area (Å²) in [6.45, 7) is 9.64. The minimum atomic E-state index is -0.452. The summed E-state index contributed by atoms with van der Waals surface area (Å²) in [7, 11) is 0. The molecule has 1 aromatic carbocycles. The molecule has 166 valence electrons. The second kappa shape index (κ2) is 8.63. The first-order valence-corrected chi connectivity index (χ1v) is 11.2. The van der Waals surface area contributed by atoms with E-state index in [1.165, 1.54) is 4.90 Å². The second-order valence-electron chi connectivity index (χ2n) is 8.46. The summed E-state index contributed by atoms with van der Waals surface area (Å²) >= 11 is 3.33. The standard InChI is InChI=1S/C22H27BrFN5O2/c1-4-28-13-16(11-25-28)12-26-5-6-29(20(30)14-26)19-10-17(9-18(23)21(19)24)27-7-8-31-22(2,3)15-27/h5-6,9-11,13H,4,7-8,12,14-15H2,1-3H3. The molecule has 31 heavy (non-hydrogen) atoms. The monoisotopic (exact) mass is 491 g/mol. The van der Waals surface area contributed by atoms with Crippen LogP contribution in [0, 0.1) is 5.82 Å². The molecular formula is C22H27BrFN5O2. The Labute approximate surface area is 190 Å². The average molecular weight is 492 g/mol. The number of aromatic nitrogens is 2. The van der Waals surface area contributed by atoms with Crippen LogP contribution in [-0.4, -0.2) is 52.4 Å². The van der Waals surface area contributed by atoms with Crippen LogP contribution in [0.5, 0.6) is 0 Å². The molecule has 7 nitrogen and oxygen atoms in total. The van der Waals surface area contributed by atoms with E-state index in [0.717, 1.165) is 17.8 Å². The lowest BCUT2D eigenvalue weighted by molar-refractivity contribution is -0.119. The zero-order valence-electron chi connectivity index (χ0n) is 18.0. The molecule has 1 amide bonds. The summed E-state index contributed by atoms with van der Waals surface area (Å²) in [5, 5.41) is 4.27. The van der Waals surface area contributed by atoms with E-state index >= 15 is 4.39 Å². The third-order valence-corrected chi connectivity index (χ3v) is 6.05. The Morgan fingerprint density at radius 1 is 1.29 bits per heavy atom. The number of anilines is 2. The van der Waals surface area contributed by atoms with Gasteiger partial charge in [0.25, 0.3) is 5.91 Å². The number of carbonyl (C=O) groups excluding carboxylic acids is 1. The fourth-order valence-corrected chi connectivity index (χ4v) is 4.36. The number of aryl methyl sites for hydroxylation is 1. The van der Waals surface area contributed by atoms with Gasteiger partial charge in [-0.2, -0.15) is 5.10 Å². The maximum Gasteiger partial charge on any atom is 0.250 e. The molecule has 0 radical (unpaired) electrons. The number of ether oxygens (including phenoxy) is 1. The Morgan fingerprint density at radius 3 is 2.77 bits per heavy atom. The Morgan fingerprint density at radius 2 is 2.10 bits per heavy atom. The van der Waals surface area contributed by atoms with Gasteiger partial charge in [0.15, 0.2) is 5.82 Å². The predicted molar refractivity (Wildman–Crippen MR) is 121 cm³/mol. The summed E-state index contributed by atoms with van der Waals surface area (Å²) < 4.78 is 23.0. The zero-order chi connectivity index (χ0) is 22.2. The fraction of sp³-hybridized carbons (Fsp3) is 0.455. The average Bonchev–Trinajstić information content (AvgIpc) is 3.17. The van der Waals surface area contributed by atoms with Gasteiger partial charge in [-0.05, 0) is 48.8 Å². The second-order valence-corrected chi connectivity index (χ2v) is 9.32. The van der Waals surface area contributed by atoms with Gasteiger partial charge in [0, 0.05) is 56.0 Å². The Hall–Kier alpha value is -2.39. The summed E-state index contributed by atoms with van der Waals surface area (Å²) in [5.41, 5.74) is 1.84. The molecule has 2 aliphatic rings. The fourth-order valence-electron chi connectivity index (χ4n) is 3.92. The van der Waals surface area contributed by atoms with Crippen LogP contribution in [0.3, 0.4) is 0 Å². The molecule has 9 heteroatoms. The van der Waals surface area contributed by atoms with E-state index in [2.05, 4.69) is 25.9 Å². The quantitative estimate of drug-likeness (QED) is 0.637. The molecule has 0 aliphatic carbocycles. The number of carbonyl (C=O) groups is 1. The molecule has 0 bridgehead atoms. The third-order valence-electron chi connectivity index (χ3n) is 5.47. The first-order valence-electron chi connectivity index (χ1n) is 10.4. The number of morpholine rings is 1. The molecule has 0 spiro atoms. The van der Waals surface area contributed by atoms with Gasteiger partial charge in [0.05, 0.1) is 35.1 Å². The van der Waals surface area contributed by atoms with Crippen LogP contribution in [0.25, 0.3) is 0 Å². The zero-order valence-corrected chi connectivity index (χ0v) is 19.6. The number of nitrogens with zero attached hydrogens (tertiary/aromatic N) is 5. The Bertz CT molecular complexity index is 1010. The first-order chi connectivity index (χ1) is 14.8. The highest BCUT2D eigenvalue weighted by molar-refractivity contribution is 9.10. The van der Waals surface area contributed by atoms with Crippen LogP contribution < -0.4 is 9.80 Å². The molecule has 2 aliphatic heterocycles. The highest BCUT2D eigenvalue weighted by atomic mass is 79.9. The van der Waals surface area contributed by atoms with Crippen molar-refractivity contribution in [3.05, 3.63) is 52.8 Å². The van der Waals surface area contributed by atoms with Gasteiger partial charge in [0.2, 0.25) is 0 Å². The first kappa shape index (κ1) is 21.8. The molecule has 0 N–H and O–H groups in total. The molecule has 1 saturated heterocycles. The number of amides is 1. The van der Waals surface area contributed by atoms with Crippen molar-refractivity contribution < 1.29 is 13.9 Å². The molecule has 1 aromatic heterocycles. The topological polar surface area (TPSA) is 53.8 Å². The molecule has 0 unspecified atom stereocenters. The van der Waals surface area contributed by atoms with Crippen LogP contribution in [0.2, 0.25) is 0 Å². The van der Waals surface area contributed by atoms with Crippen molar-refractivity contribution in [1.29, 1.82) is 0 Å².